The van der Waals surface area contributed by atoms with Crippen molar-refractivity contribution in [3.63, 3.8) is 0 Å². The topological polar surface area (TPSA) is 258 Å². The number of ether oxygens (including phenoxy) is 7. The van der Waals surface area contributed by atoms with Gasteiger partial charge in [-0.3, -0.25) is 19.2 Å². The number of thiazole rings is 1. The first-order chi connectivity index (χ1) is 41.0. The molecule has 0 saturated carbocycles. The van der Waals surface area contributed by atoms with Crippen LogP contribution < -0.4 is 25.5 Å². The fourth-order valence-electron chi connectivity index (χ4n) is 9.15. The van der Waals surface area contributed by atoms with Gasteiger partial charge in [-0.25, -0.2) is 10.4 Å². The molecule has 5 aromatic carbocycles. The maximum atomic E-state index is 14.0. The number of hydrogen-bond acceptors (Lipinski definition) is 18. The quantitative estimate of drug-likeness (QED) is 0.0140. The number of phenolic OH excluding ortho intramolecular Hbond substituents is 2. The normalized spacial score (nSPS) is 15.0. The third-order valence-electron chi connectivity index (χ3n) is 13.6. The summed E-state index contributed by atoms with van der Waals surface area (Å²) in [6, 6.07) is 31.4. The minimum absolute atomic E-state index is 0.0325. The molecule has 1 aliphatic rings. The summed E-state index contributed by atoms with van der Waals surface area (Å²) in [7, 11) is 0. The second kappa shape index (κ2) is 30.8. The number of aromatic nitrogens is 1. The number of nitrogens with zero attached hydrogens (tertiary/aromatic N) is 3. The van der Waals surface area contributed by atoms with Gasteiger partial charge >= 0.3 is 0 Å². The predicted molar refractivity (Wildman–Crippen MR) is 325 cm³/mol. The van der Waals surface area contributed by atoms with Gasteiger partial charge in [-0.05, 0) is 126 Å². The molecule has 1 aliphatic heterocycles. The molecule has 8 rings (SSSR count). The molecule has 4 atom stereocenters. The number of aliphatic hydroxyl groups excluding tert-OH is 1. The maximum absolute atomic E-state index is 14.0. The van der Waals surface area contributed by atoms with Crippen LogP contribution in [0.4, 0.5) is 0 Å². The van der Waals surface area contributed by atoms with Gasteiger partial charge in [0.15, 0.2) is 5.75 Å². The van der Waals surface area contributed by atoms with Crippen molar-refractivity contribution < 1.29 is 67.7 Å². The van der Waals surface area contributed by atoms with Gasteiger partial charge in [0.05, 0.1) is 98.8 Å². The van der Waals surface area contributed by atoms with Crippen molar-refractivity contribution >= 4 is 62.6 Å². The van der Waals surface area contributed by atoms with Crippen LogP contribution in [-0.4, -0.2) is 152 Å². The first-order valence-corrected chi connectivity index (χ1v) is 29.6. The number of hydrazone groups is 1. The van der Waals surface area contributed by atoms with E-state index in [1.807, 2.05) is 76.5 Å². The molecule has 4 unspecified atom stereocenters. The van der Waals surface area contributed by atoms with Crippen molar-refractivity contribution in [2.75, 3.05) is 79.2 Å². The Balaban J connectivity index is 0.631. The molecular formula is C63H72N6O14S2. The van der Waals surface area contributed by atoms with E-state index in [9.17, 15) is 34.5 Å². The predicted octanol–water partition coefficient (Wildman–Crippen LogP) is 8.80. The average molecular weight is 1200 g/mol. The van der Waals surface area contributed by atoms with E-state index in [1.165, 1.54) is 22.5 Å². The lowest BCUT2D eigenvalue weighted by molar-refractivity contribution is -0.144. The van der Waals surface area contributed by atoms with E-state index < -0.39 is 41.3 Å². The maximum Gasteiger partial charge on any atom is 0.271 e. The van der Waals surface area contributed by atoms with Gasteiger partial charge in [-0.15, -0.1) is 22.7 Å². The van der Waals surface area contributed by atoms with Crippen LogP contribution >= 0.6 is 22.7 Å². The Labute approximate surface area is 501 Å². The molecule has 0 radical (unpaired) electrons. The monoisotopic (exact) mass is 1200 g/mol. The molecule has 450 valence electrons. The molecule has 1 saturated heterocycles. The van der Waals surface area contributed by atoms with Gasteiger partial charge in [-0.2, -0.15) is 5.10 Å². The summed E-state index contributed by atoms with van der Waals surface area (Å²) in [6.07, 6.45) is 0.716. The minimum atomic E-state index is -0.984. The lowest BCUT2D eigenvalue weighted by Crippen LogP contribution is -2.58. The number of aromatic hydroxyl groups is 2. The molecule has 0 spiro atoms. The molecule has 4 amide bonds. The number of fused-ring (bicyclic) bond motifs is 1. The number of phenols is 2. The number of aryl methyl sites for hydroxylation is 1. The van der Waals surface area contributed by atoms with Gasteiger partial charge in [0.1, 0.15) is 48.3 Å². The van der Waals surface area contributed by atoms with E-state index in [2.05, 4.69) is 26.1 Å². The van der Waals surface area contributed by atoms with Crippen molar-refractivity contribution in [3.05, 3.63) is 143 Å². The van der Waals surface area contributed by atoms with E-state index in [4.69, 9.17) is 33.2 Å². The largest absolute Gasteiger partial charge is 0.508 e. The first kappa shape index (κ1) is 63.2. The van der Waals surface area contributed by atoms with Gasteiger partial charge < -0.3 is 64.0 Å². The van der Waals surface area contributed by atoms with E-state index >= 15 is 0 Å². The summed E-state index contributed by atoms with van der Waals surface area (Å²) in [5.74, 6) is 0.151. The van der Waals surface area contributed by atoms with Crippen molar-refractivity contribution in [2.45, 2.75) is 65.3 Å². The number of thiophene rings is 1. The summed E-state index contributed by atoms with van der Waals surface area (Å²) < 4.78 is 40.9. The summed E-state index contributed by atoms with van der Waals surface area (Å²) in [6.45, 7) is 12.2. The van der Waals surface area contributed by atoms with Crippen molar-refractivity contribution in [1.29, 1.82) is 0 Å². The molecule has 2 aromatic heterocycles. The number of carbonyl (C=O) groups excluding carboxylic acids is 4. The zero-order valence-corrected chi connectivity index (χ0v) is 49.7. The standard InChI is InChI=1S/C63H72N6O14S2/c1-40(43-11-13-44(14-12-43)57-41(2)64-39-84-57)66-61(75)53-34-49(72)37-69(53)62(76)59(63(3,4)5)67-55(73)38-81-30-29-79-26-25-77-23-24-78-27-28-80-31-32-82-50-20-9-42(10-21-50)36-65-68-60(74)46-7-6-8-51(33-46)83-56-52-22-19-48(71)35-54(52)85-58(56)45-15-17-47(70)18-16-45/h6-22,33,35-36,39-40,49,53,59,70-72H,23-32,34,37-38H2,1-5H3,(H,66,75)(H,67,73)(H,68,74). The molecule has 22 heteroatoms. The second-order valence-electron chi connectivity index (χ2n) is 21.1. The number of benzene rings is 5. The van der Waals surface area contributed by atoms with E-state index in [0.717, 1.165) is 47.8 Å². The molecule has 20 nitrogen and oxygen atoms in total. The molecule has 1 fully saturated rings. The Morgan fingerprint density at radius 1 is 0.741 bits per heavy atom. The molecular weight excluding hydrogens is 1130 g/mol. The Morgan fingerprint density at radius 3 is 2.01 bits per heavy atom. The van der Waals surface area contributed by atoms with Crippen LogP contribution in [-0.2, 0) is 38.1 Å². The lowest BCUT2D eigenvalue weighted by atomic mass is 9.85. The van der Waals surface area contributed by atoms with Crippen LogP contribution in [0.3, 0.4) is 0 Å². The van der Waals surface area contributed by atoms with E-state index in [1.54, 1.807) is 90.2 Å². The zero-order chi connectivity index (χ0) is 60.3. The highest BCUT2D eigenvalue weighted by molar-refractivity contribution is 7.22. The van der Waals surface area contributed by atoms with Crippen LogP contribution in [0.2, 0.25) is 0 Å². The summed E-state index contributed by atoms with van der Waals surface area (Å²) in [5, 5.41) is 41.3. The average Bonchev–Trinajstić information content (AvgIpc) is 2.12. The number of rotatable bonds is 30. The second-order valence-corrected chi connectivity index (χ2v) is 23.0. The molecule has 3 heterocycles. The Morgan fingerprint density at radius 2 is 1.36 bits per heavy atom. The van der Waals surface area contributed by atoms with Crippen molar-refractivity contribution in [3.8, 4) is 49.6 Å². The summed E-state index contributed by atoms with van der Waals surface area (Å²) >= 11 is 3.01. The highest BCUT2D eigenvalue weighted by atomic mass is 32.1. The molecule has 85 heavy (non-hydrogen) atoms. The zero-order valence-electron chi connectivity index (χ0n) is 48.1. The number of carbonyl (C=O) groups is 4. The number of hydrogen-bond donors (Lipinski definition) is 6. The minimum Gasteiger partial charge on any atom is -0.508 e. The summed E-state index contributed by atoms with van der Waals surface area (Å²) in [4.78, 5) is 61.3. The van der Waals surface area contributed by atoms with Crippen LogP contribution in [0.1, 0.15) is 67.3 Å². The van der Waals surface area contributed by atoms with E-state index in [0.29, 0.717) is 75.7 Å². The third kappa shape index (κ3) is 18.4. The fraction of sp³-hybridized carbons (Fsp3) is 0.365. The SMILES string of the molecule is Cc1ncsc1-c1ccc(C(C)NC(=O)C2CC(O)CN2C(=O)C(NC(=O)COCCOCCOCCOCCOCCOc2ccc(C=NNC(=O)c3cccc(Oc4c(-c5ccc(O)cc5)sc5cc(O)ccc45)c3)cc2)C(C)(C)C)cc1. The highest BCUT2D eigenvalue weighted by Crippen LogP contribution is 2.47. The number of β-amino-alcohol motifs (C(OH)–C–C–N with tert-alkyl or cyclic N) is 1. The van der Waals surface area contributed by atoms with Crippen molar-refractivity contribution in [1.82, 2.24) is 25.9 Å². The lowest BCUT2D eigenvalue weighted by Gasteiger charge is -2.35. The Bertz CT molecular complexity index is 3350. The Kier molecular flexibility index (Phi) is 22.9. The Hall–Kier alpha value is -7.80. The number of amides is 4. The van der Waals surface area contributed by atoms with Crippen LogP contribution in [0.25, 0.3) is 31.0 Å². The molecule has 7 aromatic rings. The van der Waals surface area contributed by atoms with Crippen LogP contribution in [0, 0.1) is 12.3 Å². The van der Waals surface area contributed by atoms with E-state index in [-0.39, 0.29) is 56.2 Å². The van der Waals surface area contributed by atoms with Crippen molar-refractivity contribution in [2.24, 2.45) is 10.5 Å². The fourth-order valence-corrected chi connectivity index (χ4v) is 11.1. The molecule has 6 N–H and O–H groups in total. The van der Waals surface area contributed by atoms with Gasteiger partial charge in [0.25, 0.3) is 5.91 Å². The van der Waals surface area contributed by atoms with Gasteiger partial charge in [0.2, 0.25) is 17.7 Å². The number of likely N-dealkylation sites (tertiary alicyclic amines) is 1. The third-order valence-corrected chi connectivity index (χ3v) is 15.8. The molecule has 0 bridgehead atoms. The number of nitrogens with one attached hydrogen (secondary N) is 3. The number of aliphatic hydroxyl groups is 1. The van der Waals surface area contributed by atoms with Gasteiger partial charge in [0, 0.05) is 28.6 Å². The van der Waals surface area contributed by atoms with Crippen LogP contribution in [0.15, 0.2) is 126 Å². The first-order valence-electron chi connectivity index (χ1n) is 27.9. The van der Waals surface area contributed by atoms with Crippen LogP contribution in [0.5, 0.6) is 28.7 Å². The van der Waals surface area contributed by atoms with Gasteiger partial charge in [-0.1, -0.05) is 51.1 Å². The molecule has 0 aliphatic carbocycles. The summed E-state index contributed by atoms with van der Waals surface area (Å²) in [5.41, 5.74) is 8.45. The smallest absolute Gasteiger partial charge is 0.271 e. The highest BCUT2D eigenvalue weighted by Gasteiger charge is 2.44.